The van der Waals surface area contributed by atoms with Crippen molar-refractivity contribution in [2.75, 3.05) is 18.4 Å². The first kappa shape index (κ1) is 11.1. The van der Waals surface area contributed by atoms with Crippen LogP contribution in [0.2, 0.25) is 0 Å². The highest BCUT2D eigenvalue weighted by Gasteiger charge is 2.16. The number of hydrogen-bond donors (Lipinski definition) is 2. The lowest BCUT2D eigenvalue weighted by Gasteiger charge is -2.22. The predicted molar refractivity (Wildman–Crippen MR) is 65.3 cm³/mol. The molecule has 1 aromatic carbocycles. The Balaban J connectivity index is 1.80. The summed E-state index contributed by atoms with van der Waals surface area (Å²) >= 11 is 0. The number of para-hydroxylation sites is 1. The van der Waals surface area contributed by atoms with Gasteiger partial charge in [0.05, 0.1) is 0 Å². The molecule has 0 unspecified atom stereocenters. The van der Waals surface area contributed by atoms with E-state index in [-0.39, 0.29) is 5.91 Å². The van der Waals surface area contributed by atoms with Crippen LogP contribution in [0.25, 0.3) is 0 Å². The van der Waals surface area contributed by atoms with Gasteiger partial charge in [-0.3, -0.25) is 4.79 Å². The van der Waals surface area contributed by atoms with Gasteiger partial charge in [0.25, 0.3) is 0 Å². The normalized spacial score (nSPS) is 20.4. The first-order valence-electron chi connectivity index (χ1n) is 5.90. The minimum absolute atomic E-state index is 0.125. The fourth-order valence-corrected chi connectivity index (χ4v) is 2.09. The number of carbonyl (C=O) groups excluding carboxylic acids is 1. The molecule has 3 nitrogen and oxygen atoms in total. The van der Waals surface area contributed by atoms with Gasteiger partial charge in [0.1, 0.15) is 0 Å². The summed E-state index contributed by atoms with van der Waals surface area (Å²) in [5.74, 6) is 0.623. The van der Waals surface area contributed by atoms with Gasteiger partial charge in [-0.25, -0.2) is 0 Å². The van der Waals surface area contributed by atoms with Crippen molar-refractivity contribution < 1.29 is 4.79 Å². The third kappa shape index (κ3) is 3.35. The Hall–Kier alpha value is -1.35. The van der Waals surface area contributed by atoms with Gasteiger partial charge < -0.3 is 10.6 Å². The molecule has 0 aliphatic carbocycles. The second-order valence-electron chi connectivity index (χ2n) is 4.33. The van der Waals surface area contributed by atoms with Crippen LogP contribution in [0, 0.1) is 5.92 Å². The minimum atomic E-state index is 0.125. The molecule has 1 aliphatic heterocycles. The topological polar surface area (TPSA) is 41.1 Å². The summed E-state index contributed by atoms with van der Waals surface area (Å²) in [6.07, 6.45) is 2.97. The van der Waals surface area contributed by atoms with Crippen molar-refractivity contribution in [2.45, 2.75) is 19.3 Å². The number of rotatable bonds is 3. The molecule has 2 N–H and O–H groups in total. The Labute approximate surface area is 96.2 Å². The first-order valence-corrected chi connectivity index (χ1v) is 5.90. The molecule has 1 atom stereocenters. The predicted octanol–water partition coefficient (Wildman–Crippen LogP) is 2.01. The van der Waals surface area contributed by atoms with Crippen LogP contribution in [0.3, 0.4) is 0 Å². The number of nitrogens with one attached hydrogen (secondary N) is 2. The Kier molecular flexibility index (Phi) is 3.94. The largest absolute Gasteiger partial charge is 0.326 e. The first-order chi connectivity index (χ1) is 7.84. The van der Waals surface area contributed by atoms with Crippen LogP contribution in [-0.2, 0) is 4.79 Å². The molecule has 0 saturated carbocycles. The molecule has 1 heterocycles. The second-order valence-corrected chi connectivity index (χ2v) is 4.33. The van der Waals surface area contributed by atoms with Crippen molar-refractivity contribution in [1.82, 2.24) is 5.32 Å². The minimum Gasteiger partial charge on any atom is -0.326 e. The Morgan fingerprint density at radius 3 is 2.88 bits per heavy atom. The van der Waals surface area contributed by atoms with E-state index < -0.39 is 0 Å². The highest BCUT2D eigenvalue weighted by molar-refractivity contribution is 5.90. The molecule has 3 heteroatoms. The van der Waals surface area contributed by atoms with E-state index in [1.54, 1.807) is 0 Å². The van der Waals surface area contributed by atoms with Gasteiger partial charge in [-0.15, -0.1) is 0 Å². The summed E-state index contributed by atoms with van der Waals surface area (Å²) in [6.45, 7) is 2.07. The Morgan fingerprint density at radius 2 is 2.19 bits per heavy atom. The Bertz CT molecular complexity index is 331. The van der Waals surface area contributed by atoms with E-state index in [1.165, 1.54) is 6.42 Å². The SMILES string of the molecule is O=C(C[C@@H]1CCCNC1)Nc1ccccc1. The van der Waals surface area contributed by atoms with Crippen LogP contribution in [0.15, 0.2) is 30.3 Å². The number of amides is 1. The molecule has 0 radical (unpaired) electrons. The van der Waals surface area contributed by atoms with Gasteiger partial charge in [-0.05, 0) is 44.0 Å². The summed E-state index contributed by atoms with van der Waals surface area (Å²) in [5.41, 5.74) is 0.885. The van der Waals surface area contributed by atoms with Crippen molar-refractivity contribution >= 4 is 11.6 Å². The van der Waals surface area contributed by atoms with Crippen LogP contribution in [0.1, 0.15) is 19.3 Å². The van der Waals surface area contributed by atoms with E-state index in [9.17, 15) is 4.79 Å². The molecule has 1 amide bonds. The monoisotopic (exact) mass is 218 g/mol. The third-order valence-electron chi connectivity index (χ3n) is 2.93. The fourth-order valence-electron chi connectivity index (χ4n) is 2.09. The smallest absolute Gasteiger partial charge is 0.224 e. The lowest BCUT2D eigenvalue weighted by atomic mass is 9.96. The van der Waals surface area contributed by atoms with E-state index in [0.717, 1.165) is 25.2 Å². The van der Waals surface area contributed by atoms with E-state index in [2.05, 4.69) is 10.6 Å². The molecular weight excluding hydrogens is 200 g/mol. The number of piperidine rings is 1. The standard InChI is InChI=1S/C13H18N2O/c16-13(9-11-5-4-8-14-10-11)15-12-6-2-1-3-7-12/h1-3,6-7,11,14H,4-5,8-10H2,(H,15,16)/t11-/m0/s1. The number of carbonyl (C=O) groups is 1. The highest BCUT2D eigenvalue weighted by Crippen LogP contribution is 2.15. The summed E-state index contributed by atoms with van der Waals surface area (Å²) < 4.78 is 0. The van der Waals surface area contributed by atoms with Gasteiger partial charge in [-0.2, -0.15) is 0 Å². The quantitative estimate of drug-likeness (QED) is 0.815. The fraction of sp³-hybridized carbons (Fsp3) is 0.462. The molecule has 0 spiro atoms. The zero-order valence-electron chi connectivity index (χ0n) is 9.41. The molecule has 2 rings (SSSR count). The molecule has 1 saturated heterocycles. The van der Waals surface area contributed by atoms with Crippen molar-refractivity contribution in [3.63, 3.8) is 0 Å². The Morgan fingerprint density at radius 1 is 1.38 bits per heavy atom. The number of benzene rings is 1. The lowest BCUT2D eigenvalue weighted by Crippen LogP contribution is -2.32. The maximum atomic E-state index is 11.7. The van der Waals surface area contributed by atoms with Crippen LogP contribution in [-0.4, -0.2) is 19.0 Å². The van der Waals surface area contributed by atoms with E-state index in [0.29, 0.717) is 12.3 Å². The molecular formula is C13H18N2O. The van der Waals surface area contributed by atoms with Crippen molar-refractivity contribution in [3.8, 4) is 0 Å². The van der Waals surface area contributed by atoms with Gasteiger partial charge >= 0.3 is 0 Å². The molecule has 1 aromatic rings. The molecule has 0 bridgehead atoms. The van der Waals surface area contributed by atoms with E-state index in [1.807, 2.05) is 30.3 Å². The molecule has 86 valence electrons. The van der Waals surface area contributed by atoms with E-state index in [4.69, 9.17) is 0 Å². The van der Waals surface area contributed by atoms with Crippen LogP contribution in [0.5, 0.6) is 0 Å². The second kappa shape index (κ2) is 5.66. The molecule has 0 aromatic heterocycles. The van der Waals surface area contributed by atoms with Gasteiger partial charge in [0, 0.05) is 12.1 Å². The van der Waals surface area contributed by atoms with Gasteiger partial charge in [0.2, 0.25) is 5.91 Å². The number of anilines is 1. The molecule has 1 fully saturated rings. The number of hydrogen-bond acceptors (Lipinski definition) is 2. The van der Waals surface area contributed by atoms with Crippen LogP contribution < -0.4 is 10.6 Å². The van der Waals surface area contributed by atoms with Crippen LogP contribution in [0.4, 0.5) is 5.69 Å². The highest BCUT2D eigenvalue weighted by atomic mass is 16.1. The van der Waals surface area contributed by atoms with Gasteiger partial charge in [0.15, 0.2) is 0 Å². The van der Waals surface area contributed by atoms with Crippen molar-refractivity contribution in [2.24, 2.45) is 5.92 Å². The zero-order valence-corrected chi connectivity index (χ0v) is 9.41. The zero-order chi connectivity index (χ0) is 11.2. The lowest BCUT2D eigenvalue weighted by molar-refractivity contribution is -0.117. The van der Waals surface area contributed by atoms with Crippen molar-refractivity contribution in [3.05, 3.63) is 30.3 Å². The summed E-state index contributed by atoms with van der Waals surface area (Å²) in [5, 5.41) is 6.25. The van der Waals surface area contributed by atoms with Crippen LogP contribution >= 0.6 is 0 Å². The maximum absolute atomic E-state index is 11.7. The summed E-state index contributed by atoms with van der Waals surface area (Å²) in [7, 11) is 0. The third-order valence-corrected chi connectivity index (χ3v) is 2.93. The average Bonchev–Trinajstić information content (AvgIpc) is 2.31. The summed E-state index contributed by atoms with van der Waals surface area (Å²) in [6, 6.07) is 9.63. The van der Waals surface area contributed by atoms with Crippen molar-refractivity contribution in [1.29, 1.82) is 0 Å². The molecule has 1 aliphatic rings. The van der Waals surface area contributed by atoms with E-state index >= 15 is 0 Å². The van der Waals surface area contributed by atoms with Gasteiger partial charge in [-0.1, -0.05) is 18.2 Å². The molecule has 16 heavy (non-hydrogen) atoms. The maximum Gasteiger partial charge on any atom is 0.224 e. The average molecular weight is 218 g/mol. The summed E-state index contributed by atoms with van der Waals surface area (Å²) in [4.78, 5) is 11.7.